The third-order valence-electron chi connectivity index (χ3n) is 4.48. The molecular formula is C17H22N4O2S. The number of rotatable bonds is 4. The van der Waals surface area contributed by atoms with Gasteiger partial charge in [0, 0.05) is 57.1 Å². The van der Waals surface area contributed by atoms with Crippen molar-refractivity contribution >= 4 is 15.7 Å². The summed E-state index contributed by atoms with van der Waals surface area (Å²) in [5.41, 5.74) is 1.20. The molecule has 0 aromatic carbocycles. The molecule has 1 aliphatic rings. The fraction of sp³-hybridized carbons (Fsp3) is 0.412. The highest BCUT2D eigenvalue weighted by Gasteiger charge is 2.26. The second-order valence-electron chi connectivity index (χ2n) is 6.08. The number of pyridine rings is 2. The van der Waals surface area contributed by atoms with Crippen LogP contribution in [0.3, 0.4) is 0 Å². The van der Waals surface area contributed by atoms with Crippen LogP contribution in [-0.2, 0) is 9.84 Å². The minimum absolute atomic E-state index is 0.291. The van der Waals surface area contributed by atoms with Gasteiger partial charge in [-0.2, -0.15) is 0 Å². The largest absolute Gasteiger partial charge is 0.353 e. The van der Waals surface area contributed by atoms with Gasteiger partial charge in [-0.25, -0.2) is 13.4 Å². The molecule has 0 spiro atoms. The van der Waals surface area contributed by atoms with Crippen LogP contribution in [0.15, 0.2) is 47.8 Å². The van der Waals surface area contributed by atoms with Crippen LogP contribution in [0, 0.1) is 0 Å². The lowest BCUT2D eigenvalue weighted by molar-refractivity contribution is 0.197. The van der Waals surface area contributed by atoms with Gasteiger partial charge in [-0.3, -0.25) is 9.88 Å². The van der Waals surface area contributed by atoms with Gasteiger partial charge in [-0.15, -0.1) is 0 Å². The van der Waals surface area contributed by atoms with Crippen LogP contribution >= 0.6 is 0 Å². The molecule has 0 aliphatic carbocycles. The Bertz CT molecular complexity index is 787. The Balaban J connectivity index is 1.72. The van der Waals surface area contributed by atoms with Crippen molar-refractivity contribution in [2.45, 2.75) is 17.9 Å². The molecule has 2 aromatic heterocycles. The summed E-state index contributed by atoms with van der Waals surface area (Å²) < 4.78 is 23.9. The van der Waals surface area contributed by atoms with E-state index in [2.05, 4.69) is 32.8 Å². The summed E-state index contributed by atoms with van der Waals surface area (Å²) in [5.74, 6) is 0.564. The first-order valence-electron chi connectivity index (χ1n) is 8.01. The van der Waals surface area contributed by atoms with E-state index in [0.717, 1.165) is 26.2 Å². The zero-order valence-electron chi connectivity index (χ0n) is 14.0. The molecule has 3 rings (SSSR count). The van der Waals surface area contributed by atoms with E-state index in [1.807, 2.05) is 12.3 Å². The molecule has 3 heterocycles. The van der Waals surface area contributed by atoms with Crippen molar-refractivity contribution in [1.82, 2.24) is 14.9 Å². The van der Waals surface area contributed by atoms with Crippen LogP contribution in [0.25, 0.3) is 0 Å². The molecule has 24 heavy (non-hydrogen) atoms. The molecule has 1 fully saturated rings. The highest BCUT2D eigenvalue weighted by Crippen LogP contribution is 2.26. The molecule has 0 amide bonds. The SMILES string of the molecule is CC(c1cccnc1)N1CCN(c2ncccc2S(C)(=O)=O)CC1. The van der Waals surface area contributed by atoms with Crippen molar-refractivity contribution in [3.8, 4) is 0 Å². The first-order valence-corrected chi connectivity index (χ1v) is 9.90. The quantitative estimate of drug-likeness (QED) is 0.840. The third kappa shape index (κ3) is 3.57. The average molecular weight is 346 g/mol. The van der Waals surface area contributed by atoms with Gasteiger partial charge in [-0.05, 0) is 30.7 Å². The third-order valence-corrected chi connectivity index (χ3v) is 5.60. The van der Waals surface area contributed by atoms with Crippen molar-refractivity contribution < 1.29 is 8.42 Å². The molecule has 1 saturated heterocycles. The van der Waals surface area contributed by atoms with Gasteiger partial charge in [-0.1, -0.05) is 6.07 Å². The van der Waals surface area contributed by atoms with E-state index < -0.39 is 9.84 Å². The average Bonchev–Trinajstić information content (AvgIpc) is 2.61. The lowest BCUT2D eigenvalue weighted by Crippen LogP contribution is -2.47. The maximum atomic E-state index is 12.0. The molecule has 6 nitrogen and oxygen atoms in total. The highest BCUT2D eigenvalue weighted by atomic mass is 32.2. The van der Waals surface area contributed by atoms with Crippen LogP contribution < -0.4 is 4.90 Å². The Hall–Kier alpha value is -1.99. The summed E-state index contributed by atoms with van der Waals surface area (Å²) in [6.45, 7) is 5.40. The van der Waals surface area contributed by atoms with Crippen LogP contribution in [-0.4, -0.2) is 55.7 Å². The van der Waals surface area contributed by atoms with Gasteiger partial charge >= 0.3 is 0 Å². The van der Waals surface area contributed by atoms with Gasteiger partial charge in [0.25, 0.3) is 0 Å². The fourth-order valence-corrected chi connectivity index (χ4v) is 3.90. The van der Waals surface area contributed by atoms with Gasteiger partial charge in [0.05, 0.1) is 0 Å². The van der Waals surface area contributed by atoms with Crippen LogP contribution in [0.5, 0.6) is 0 Å². The summed E-state index contributed by atoms with van der Waals surface area (Å²) in [5, 5.41) is 0. The van der Waals surface area contributed by atoms with Crippen molar-refractivity contribution in [1.29, 1.82) is 0 Å². The van der Waals surface area contributed by atoms with Gasteiger partial charge in [0.1, 0.15) is 10.7 Å². The molecule has 1 aliphatic heterocycles. The standard InChI is InChI=1S/C17H22N4O2S/c1-14(15-5-3-7-18-13-15)20-9-11-21(12-10-20)17-16(24(2,22)23)6-4-8-19-17/h3-8,13-14H,9-12H2,1-2H3. The lowest BCUT2D eigenvalue weighted by Gasteiger charge is -2.39. The summed E-state index contributed by atoms with van der Waals surface area (Å²) in [6, 6.07) is 7.63. The van der Waals surface area contributed by atoms with Crippen molar-refractivity contribution in [2.75, 3.05) is 37.3 Å². The fourth-order valence-electron chi connectivity index (χ4n) is 3.06. The summed E-state index contributed by atoms with van der Waals surface area (Å²) >= 11 is 0. The minimum atomic E-state index is -3.28. The van der Waals surface area contributed by atoms with Crippen molar-refractivity contribution in [2.24, 2.45) is 0 Å². The number of nitrogens with zero attached hydrogens (tertiary/aromatic N) is 4. The Labute approximate surface area is 143 Å². The van der Waals surface area contributed by atoms with Gasteiger partial charge < -0.3 is 4.90 Å². The molecule has 0 saturated carbocycles. The molecule has 1 atom stereocenters. The topological polar surface area (TPSA) is 66.4 Å². The number of hydrogen-bond donors (Lipinski definition) is 0. The zero-order valence-corrected chi connectivity index (χ0v) is 14.8. The predicted molar refractivity (Wildman–Crippen MR) is 93.8 cm³/mol. The van der Waals surface area contributed by atoms with E-state index in [-0.39, 0.29) is 0 Å². The van der Waals surface area contributed by atoms with Gasteiger partial charge in [0.15, 0.2) is 9.84 Å². The number of aromatic nitrogens is 2. The Morgan fingerprint density at radius 3 is 2.42 bits per heavy atom. The number of hydrogen-bond acceptors (Lipinski definition) is 6. The first-order chi connectivity index (χ1) is 11.5. The number of piperazine rings is 1. The molecule has 1 unspecified atom stereocenters. The first kappa shape index (κ1) is 16.9. The molecule has 2 aromatic rings. The van der Waals surface area contributed by atoms with E-state index in [9.17, 15) is 8.42 Å². The molecule has 0 bridgehead atoms. The second-order valence-corrected chi connectivity index (χ2v) is 8.07. The van der Waals surface area contributed by atoms with Gasteiger partial charge in [0.2, 0.25) is 0 Å². The van der Waals surface area contributed by atoms with E-state index >= 15 is 0 Å². The molecule has 7 heteroatoms. The van der Waals surface area contributed by atoms with Crippen LogP contribution in [0.1, 0.15) is 18.5 Å². The normalized spacial score (nSPS) is 17.7. The van der Waals surface area contributed by atoms with E-state index in [4.69, 9.17) is 0 Å². The zero-order chi connectivity index (χ0) is 17.2. The van der Waals surface area contributed by atoms with Crippen molar-refractivity contribution in [3.05, 3.63) is 48.4 Å². The highest BCUT2D eigenvalue weighted by molar-refractivity contribution is 7.90. The Kier molecular flexibility index (Phi) is 4.82. The summed E-state index contributed by atoms with van der Waals surface area (Å²) in [4.78, 5) is 13.3. The maximum Gasteiger partial charge on any atom is 0.179 e. The van der Waals surface area contributed by atoms with Crippen molar-refractivity contribution in [3.63, 3.8) is 0 Å². The molecule has 0 N–H and O–H groups in total. The monoisotopic (exact) mass is 346 g/mol. The predicted octanol–water partition coefficient (Wildman–Crippen LogP) is 1.76. The smallest absolute Gasteiger partial charge is 0.179 e. The van der Waals surface area contributed by atoms with E-state index in [1.54, 1.807) is 24.5 Å². The van der Waals surface area contributed by atoms with E-state index in [1.165, 1.54) is 11.8 Å². The van der Waals surface area contributed by atoms with E-state index in [0.29, 0.717) is 16.8 Å². The summed E-state index contributed by atoms with van der Waals surface area (Å²) in [6.07, 6.45) is 6.56. The lowest BCUT2D eigenvalue weighted by atomic mass is 10.1. The number of anilines is 1. The number of sulfone groups is 1. The Morgan fingerprint density at radius 1 is 1.08 bits per heavy atom. The maximum absolute atomic E-state index is 12.0. The molecule has 128 valence electrons. The second kappa shape index (κ2) is 6.86. The van der Waals surface area contributed by atoms with Crippen LogP contribution in [0.4, 0.5) is 5.82 Å². The molecule has 0 radical (unpaired) electrons. The summed E-state index contributed by atoms with van der Waals surface area (Å²) in [7, 11) is -3.28. The Morgan fingerprint density at radius 2 is 1.79 bits per heavy atom. The minimum Gasteiger partial charge on any atom is -0.353 e. The van der Waals surface area contributed by atoms with Crippen LogP contribution in [0.2, 0.25) is 0 Å². The molecular weight excluding hydrogens is 324 g/mol.